The predicted octanol–water partition coefficient (Wildman–Crippen LogP) is 2.23. The highest BCUT2D eigenvalue weighted by atomic mass is 16.3. The molecule has 1 saturated carbocycles. The van der Waals surface area contributed by atoms with Crippen molar-refractivity contribution in [3.05, 3.63) is 70.0 Å². The molecule has 10 heteroatoms. The molecule has 10 nitrogen and oxygen atoms in total. The second-order valence-corrected chi connectivity index (χ2v) is 12.1. The van der Waals surface area contributed by atoms with Gasteiger partial charge < -0.3 is 26.2 Å². The molecule has 4 atom stereocenters. The highest BCUT2D eigenvalue weighted by Crippen LogP contribution is 2.53. The average Bonchev–Trinajstić information content (AvgIpc) is 3.44. The van der Waals surface area contributed by atoms with Crippen LogP contribution in [0.4, 0.5) is 0 Å². The zero-order valence-corrected chi connectivity index (χ0v) is 23.6. The summed E-state index contributed by atoms with van der Waals surface area (Å²) < 4.78 is 0. The number of aromatic hydroxyl groups is 1. The van der Waals surface area contributed by atoms with Crippen molar-refractivity contribution in [2.24, 2.45) is 17.6 Å². The third-order valence-corrected chi connectivity index (χ3v) is 9.47. The maximum atomic E-state index is 14.0. The summed E-state index contributed by atoms with van der Waals surface area (Å²) in [5.41, 5.74) is 5.35. The van der Waals surface area contributed by atoms with Crippen LogP contribution in [0.1, 0.15) is 36.0 Å². The molecule has 6 rings (SSSR count). The van der Waals surface area contributed by atoms with E-state index in [1.165, 1.54) is 29.4 Å². The normalized spacial score (nSPS) is 27.8. The van der Waals surface area contributed by atoms with Crippen LogP contribution in [0.5, 0.6) is 5.75 Å². The Balaban J connectivity index is 1.45. The summed E-state index contributed by atoms with van der Waals surface area (Å²) >= 11 is 0. The molecule has 0 radical (unpaired) electrons. The van der Waals surface area contributed by atoms with Crippen molar-refractivity contribution in [1.82, 2.24) is 9.80 Å². The van der Waals surface area contributed by atoms with Crippen LogP contribution >= 0.6 is 0 Å². The van der Waals surface area contributed by atoms with E-state index in [-0.39, 0.29) is 29.7 Å². The van der Waals surface area contributed by atoms with Gasteiger partial charge in [-0.3, -0.25) is 24.2 Å². The molecular formula is C32H35N3O7. The number of hydrogen-bond acceptors (Lipinski definition) is 9. The Labute approximate surface area is 243 Å². The summed E-state index contributed by atoms with van der Waals surface area (Å²) in [7, 11) is 3.16. The quantitative estimate of drug-likeness (QED) is 0.337. The summed E-state index contributed by atoms with van der Waals surface area (Å²) in [6, 6.07) is 10.3. The van der Waals surface area contributed by atoms with Gasteiger partial charge in [0, 0.05) is 18.0 Å². The number of likely N-dealkylation sites (N-methyl/N-ethyl adjacent to an activating group) is 1. The van der Waals surface area contributed by atoms with Crippen LogP contribution in [-0.2, 0) is 27.3 Å². The van der Waals surface area contributed by atoms with E-state index < -0.39 is 58.0 Å². The van der Waals surface area contributed by atoms with Gasteiger partial charge in [0.15, 0.2) is 11.4 Å². The molecule has 220 valence electrons. The molecule has 1 saturated heterocycles. The number of aliphatic hydroxyl groups excluding tert-OH is 2. The lowest BCUT2D eigenvalue weighted by molar-refractivity contribution is -0.153. The van der Waals surface area contributed by atoms with E-state index in [0.29, 0.717) is 5.56 Å². The number of nitrogens with two attached hydrogens (primary N) is 1. The van der Waals surface area contributed by atoms with Crippen molar-refractivity contribution in [2.45, 2.75) is 43.9 Å². The van der Waals surface area contributed by atoms with Crippen LogP contribution in [0.15, 0.2) is 53.3 Å². The molecule has 6 N–H and O–H groups in total. The van der Waals surface area contributed by atoms with E-state index in [9.17, 15) is 34.8 Å². The van der Waals surface area contributed by atoms with Crippen LogP contribution in [0, 0.1) is 11.8 Å². The number of amides is 1. The van der Waals surface area contributed by atoms with Crippen molar-refractivity contribution in [3.8, 4) is 16.9 Å². The number of Topliss-reactive ketones (excluding diaryl/α,β-unsaturated/α-hetero) is 2. The molecule has 2 fully saturated rings. The Hall–Kier alpha value is -3.99. The van der Waals surface area contributed by atoms with E-state index in [1.807, 2.05) is 12.1 Å². The topological polar surface area (TPSA) is 165 Å². The number of likely N-dealkylation sites (tertiary alicyclic amines) is 1. The summed E-state index contributed by atoms with van der Waals surface area (Å²) in [6.45, 7) is 3.06. The largest absolute Gasteiger partial charge is 0.508 e. The number of primary amides is 1. The number of ketones is 2. The molecule has 1 unspecified atom stereocenters. The molecule has 0 spiro atoms. The highest BCUT2D eigenvalue weighted by Gasteiger charge is 2.64. The molecule has 0 bridgehead atoms. The minimum Gasteiger partial charge on any atom is -0.508 e. The van der Waals surface area contributed by atoms with Crippen LogP contribution in [0.2, 0.25) is 0 Å². The maximum Gasteiger partial charge on any atom is 0.255 e. The first-order valence-electron chi connectivity index (χ1n) is 14.3. The maximum absolute atomic E-state index is 14.0. The number of carbonyl (C=O) groups is 3. The van der Waals surface area contributed by atoms with E-state index in [4.69, 9.17) is 5.73 Å². The molecule has 42 heavy (non-hydrogen) atoms. The van der Waals surface area contributed by atoms with Crippen LogP contribution < -0.4 is 5.73 Å². The summed E-state index contributed by atoms with van der Waals surface area (Å²) in [4.78, 5) is 43.3. The lowest BCUT2D eigenvalue weighted by atomic mass is 9.57. The second-order valence-electron chi connectivity index (χ2n) is 12.1. The van der Waals surface area contributed by atoms with Gasteiger partial charge in [-0.25, -0.2) is 0 Å². The van der Waals surface area contributed by atoms with Gasteiger partial charge in [0.25, 0.3) is 5.91 Å². The molecular weight excluding hydrogens is 538 g/mol. The molecule has 4 aliphatic rings. The Morgan fingerprint density at radius 3 is 2.33 bits per heavy atom. The lowest BCUT2D eigenvalue weighted by Gasteiger charge is -2.50. The molecule has 2 aromatic carbocycles. The SMILES string of the molecule is CN(C)C1C(=O)C(C(N)=O)=C(O)[C@@]2(O)C(=O)C3=C(O)c4c(O)ccc(-c5ccc(CN6CCCC6)cc5)c4C[C@H]3C[C@@H]12. The number of rotatable bonds is 5. The fourth-order valence-electron chi connectivity index (χ4n) is 7.50. The summed E-state index contributed by atoms with van der Waals surface area (Å²) in [5.74, 6) is -6.59. The van der Waals surface area contributed by atoms with Crippen molar-refractivity contribution in [1.29, 1.82) is 0 Å². The van der Waals surface area contributed by atoms with Gasteiger partial charge in [-0.05, 0) is 87.1 Å². The number of nitrogens with zero attached hydrogens (tertiary/aromatic N) is 2. The second kappa shape index (κ2) is 10.1. The van der Waals surface area contributed by atoms with Crippen molar-refractivity contribution in [3.63, 3.8) is 0 Å². The fraction of sp³-hybridized carbons (Fsp3) is 0.406. The molecule has 1 amide bonds. The van der Waals surface area contributed by atoms with E-state index in [0.717, 1.165) is 30.8 Å². The molecule has 0 aromatic heterocycles. The first-order chi connectivity index (χ1) is 19.9. The Kier molecular flexibility index (Phi) is 6.75. The van der Waals surface area contributed by atoms with E-state index in [1.54, 1.807) is 20.2 Å². The third-order valence-electron chi connectivity index (χ3n) is 9.47. The number of carbonyl (C=O) groups excluding carboxylic acids is 3. The van der Waals surface area contributed by atoms with E-state index >= 15 is 0 Å². The zero-order chi connectivity index (χ0) is 30.1. The van der Waals surface area contributed by atoms with Crippen LogP contribution in [-0.4, -0.2) is 86.5 Å². The highest BCUT2D eigenvalue weighted by molar-refractivity contribution is 6.24. The molecule has 3 aliphatic carbocycles. The smallest absolute Gasteiger partial charge is 0.255 e. The van der Waals surface area contributed by atoms with E-state index in [2.05, 4.69) is 17.0 Å². The van der Waals surface area contributed by atoms with Crippen molar-refractivity contribution in [2.75, 3.05) is 27.2 Å². The van der Waals surface area contributed by atoms with Gasteiger partial charge in [-0.15, -0.1) is 0 Å². The lowest BCUT2D eigenvalue weighted by Crippen LogP contribution is -2.65. The summed E-state index contributed by atoms with van der Waals surface area (Å²) in [5, 5.41) is 45.1. The van der Waals surface area contributed by atoms with Gasteiger partial charge >= 0.3 is 0 Å². The van der Waals surface area contributed by atoms with Crippen molar-refractivity contribution < 1.29 is 34.8 Å². The first-order valence-corrected chi connectivity index (χ1v) is 14.3. The summed E-state index contributed by atoms with van der Waals surface area (Å²) in [6.07, 6.45) is 2.72. The van der Waals surface area contributed by atoms with Gasteiger partial charge in [-0.2, -0.15) is 0 Å². The minimum atomic E-state index is -2.65. The number of fused-ring (bicyclic) bond motifs is 3. The third kappa shape index (κ3) is 4.08. The Bertz CT molecular complexity index is 1570. The van der Waals surface area contributed by atoms with Gasteiger partial charge in [-0.1, -0.05) is 30.3 Å². The van der Waals surface area contributed by atoms with Crippen LogP contribution in [0.3, 0.4) is 0 Å². The molecule has 2 aromatic rings. The number of phenols is 1. The number of aliphatic hydroxyl groups is 3. The average molecular weight is 574 g/mol. The number of benzene rings is 2. The zero-order valence-electron chi connectivity index (χ0n) is 23.6. The van der Waals surface area contributed by atoms with Gasteiger partial charge in [0.05, 0.1) is 11.6 Å². The van der Waals surface area contributed by atoms with Crippen LogP contribution in [0.25, 0.3) is 16.9 Å². The number of hydrogen-bond donors (Lipinski definition) is 5. The number of phenolic OH excluding ortho intramolecular Hbond substituents is 1. The van der Waals surface area contributed by atoms with Gasteiger partial charge in [0.1, 0.15) is 22.8 Å². The molecule has 1 aliphatic heterocycles. The standard InChI is InChI=1S/C32H35N3O7/c1-34(2)26-21-14-18-13-20-19(17-7-5-16(6-8-17)15-35-11-3-4-12-35)9-10-22(36)24(20)27(37)23(18)29(39)32(21,42)30(40)25(28(26)38)31(33)41/h5-10,18,21,26,36-37,40,42H,3-4,11-15H2,1-2H3,(H2,33,41)/t18-,21-,26?,32-/m0/s1. The minimum absolute atomic E-state index is 0.0512. The Morgan fingerprint density at radius 2 is 1.71 bits per heavy atom. The van der Waals surface area contributed by atoms with Crippen molar-refractivity contribution >= 4 is 23.2 Å². The first kappa shape index (κ1) is 28.1. The van der Waals surface area contributed by atoms with Gasteiger partial charge in [0.2, 0.25) is 5.78 Å². The predicted molar refractivity (Wildman–Crippen MR) is 154 cm³/mol. The molecule has 1 heterocycles. The monoisotopic (exact) mass is 573 g/mol. The fourth-order valence-corrected chi connectivity index (χ4v) is 7.50. The Morgan fingerprint density at radius 1 is 1.05 bits per heavy atom.